The molecule has 90 valence electrons. The minimum absolute atomic E-state index is 0.177. The van der Waals surface area contributed by atoms with Gasteiger partial charge in [-0.25, -0.2) is 0 Å². The molecule has 0 radical (unpaired) electrons. The van der Waals surface area contributed by atoms with Crippen molar-refractivity contribution in [3.63, 3.8) is 0 Å². The van der Waals surface area contributed by atoms with E-state index in [1.54, 1.807) is 0 Å². The van der Waals surface area contributed by atoms with E-state index in [2.05, 4.69) is 20.7 Å². The van der Waals surface area contributed by atoms with Gasteiger partial charge in [-0.15, -0.1) is 0 Å². The van der Waals surface area contributed by atoms with Crippen LogP contribution in [-0.2, 0) is 6.18 Å². The van der Waals surface area contributed by atoms with Gasteiger partial charge in [-0.1, -0.05) is 0 Å². The van der Waals surface area contributed by atoms with Crippen LogP contribution < -0.4 is 4.74 Å². The van der Waals surface area contributed by atoms with E-state index in [9.17, 15) is 22.0 Å². The summed E-state index contributed by atoms with van der Waals surface area (Å²) >= 11 is 2.73. The van der Waals surface area contributed by atoms with Crippen LogP contribution in [0.5, 0.6) is 5.75 Å². The molecule has 1 aromatic rings. The molecule has 0 heterocycles. The van der Waals surface area contributed by atoms with Gasteiger partial charge in [0.15, 0.2) is 0 Å². The van der Waals surface area contributed by atoms with Gasteiger partial charge in [-0.2, -0.15) is 22.0 Å². The lowest BCUT2D eigenvalue weighted by Crippen LogP contribution is -2.19. The van der Waals surface area contributed by atoms with Gasteiger partial charge in [0.25, 0.3) is 0 Å². The monoisotopic (exact) mass is 304 g/mol. The SMILES string of the molecule is CC(F)(F)Oc1ccc(C(F)(F)F)cc1Br. The van der Waals surface area contributed by atoms with Crippen LogP contribution in [0.4, 0.5) is 22.0 Å². The van der Waals surface area contributed by atoms with Crippen molar-refractivity contribution < 1.29 is 26.7 Å². The topological polar surface area (TPSA) is 9.23 Å². The Morgan fingerprint density at radius 3 is 2.06 bits per heavy atom. The van der Waals surface area contributed by atoms with Crippen molar-refractivity contribution in [3.8, 4) is 5.75 Å². The van der Waals surface area contributed by atoms with Crippen LogP contribution >= 0.6 is 15.9 Å². The highest BCUT2D eigenvalue weighted by Crippen LogP contribution is 2.36. The molecular formula is C9H6BrF5O. The number of rotatable bonds is 2. The summed E-state index contributed by atoms with van der Waals surface area (Å²) in [6.45, 7) is 0.497. The lowest BCUT2D eigenvalue weighted by molar-refractivity contribution is -0.159. The van der Waals surface area contributed by atoms with Crippen molar-refractivity contribution in [2.75, 3.05) is 0 Å². The van der Waals surface area contributed by atoms with Crippen LogP contribution in [0.15, 0.2) is 22.7 Å². The molecule has 0 atom stereocenters. The predicted octanol–water partition coefficient (Wildman–Crippen LogP) is 4.46. The molecule has 1 nitrogen and oxygen atoms in total. The van der Waals surface area contributed by atoms with Crippen LogP contribution in [0.3, 0.4) is 0 Å². The first-order valence-electron chi connectivity index (χ1n) is 4.03. The fourth-order valence-corrected chi connectivity index (χ4v) is 1.41. The Kier molecular flexibility index (Phi) is 3.47. The standard InChI is InChI=1S/C9H6BrF5O/c1-8(11,12)16-7-3-2-5(4-6(7)10)9(13,14)15/h2-4H,1H3. The molecule has 0 bridgehead atoms. The molecule has 16 heavy (non-hydrogen) atoms. The first-order valence-corrected chi connectivity index (χ1v) is 4.82. The highest BCUT2D eigenvalue weighted by atomic mass is 79.9. The zero-order valence-corrected chi connectivity index (χ0v) is 9.49. The summed E-state index contributed by atoms with van der Waals surface area (Å²) in [5.41, 5.74) is -0.939. The van der Waals surface area contributed by atoms with Gasteiger partial charge in [-0.05, 0) is 34.1 Å². The summed E-state index contributed by atoms with van der Waals surface area (Å²) in [5, 5.41) is 0. The van der Waals surface area contributed by atoms with Crippen molar-refractivity contribution in [1.29, 1.82) is 0 Å². The molecule has 0 fully saturated rings. The first-order chi connectivity index (χ1) is 7.09. The van der Waals surface area contributed by atoms with Crippen molar-refractivity contribution >= 4 is 15.9 Å². The molecule has 1 aromatic carbocycles. The normalized spacial score (nSPS) is 12.7. The van der Waals surface area contributed by atoms with E-state index >= 15 is 0 Å². The Morgan fingerprint density at radius 1 is 1.12 bits per heavy atom. The highest BCUT2D eigenvalue weighted by molar-refractivity contribution is 9.10. The first kappa shape index (κ1) is 13.2. The van der Waals surface area contributed by atoms with Crippen LogP contribution in [0.25, 0.3) is 0 Å². The molecule has 0 aliphatic heterocycles. The third-order valence-electron chi connectivity index (χ3n) is 1.55. The molecule has 0 saturated carbocycles. The number of ether oxygens (including phenoxy) is 1. The molecule has 0 amide bonds. The molecule has 1 rings (SSSR count). The van der Waals surface area contributed by atoms with Gasteiger partial charge < -0.3 is 4.74 Å². The number of halogens is 6. The Balaban J connectivity index is 3.01. The predicted molar refractivity (Wildman–Crippen MR) is 50.4 cm³/mol. The van der Waals surface area contributed by atoms with Crippen LogP contribution in [0.2, 0.25) is 0 Å². The smallest absolute Gasteiger partial charge is 0.416 e. The molecule has 0 N–H and O–H groups in total. The number of alkyl halides is 5. The molecule has 0 aliphatic rings. The lowest BCUT2D eigenvalue weighted by Gasteiger charge is -2.15. The zero-order chi connectivity index (χ0) is 12.6. The van der Waals surface area contributed by atoms with Crippen molar-refractivity contribution in [3.05, 3.63) is 28.2 Å². The third kappa shape index (κ3) is 3.62. The lowest BCUT2D eigenvalue weighted by atomic mass is 10.2. The maximum absolute atomic E-state index is 12.5. The fraction of sp³-hybridized carbons (Fsp3) is 0.333. The molecule has 0 aromatic heterocycles. The van der Waals surface area contributed by atoms with Gasteiger partial charge in [0.1, 0.15) is 5.75 Å². The van der Waals surface area contributed by atoms with Crippen molar-refractivity contribution in [1.82, 2.24) is 0 Å². The Labute approximate surface area is 96.3 Å². The molecule has 0 unspecified atom stereocenters. The van der Waals surface area contributed by atoms with E-state index in [0.717, 1.165) is 6.07 Å². The highest BCUT2D eigenvalue weighted by Gasteiger charge is 2.32. The largest absolute Gasteiger partial charge is 0.432 e. The Hall–Kier alpha value is -0.850. The van der Waals surface area contributed by atoms with Crippen molar-refractivity contribution in [2.24, 2.45) is 0 Å². The second-order valence-corrected chi connectivity index (χ2v) is 3.91. The van der Waals surface area contributed by atoms with E-state index < -0.39 is 17.8 Å². The summed E-state index contributed by atoms with van der Waals surface area (Å²) in [4.78, 5) is 0. The summed E-state index contributed by atoms with van der Waals surface area (Å²) in [5.74, 6) is -0.347. The average molecular weight is 305 g/mol. The van der Waals surface area contributed by atoms with Gasteiger partial charge in [0, 0.05) is 6.92 Å². The molecule has 0 aliphatic carbocycles. The molecular weight excluding hydrogens is 299 g/mol. The van der Waals surface area contributed by atoms with Gasteiger partial charge >= 0.3 is 12.3 Å². The number of hydrogen-bond donors (Lipinski definition) is 0. The average Bonchev–Trinajstić information content (AvgIpc) is 2.04. The van der Waals surface area contributed by atoms with Gasteiger partial charge in [0.2, 0.25) is 0 Å². The summed E-state index contributed by atoms with van der Waals surface area (Å²) in [6.07, 6.45) is -7.96. The molecule has 0 saturated heterocycles. The van der Waals surface area contributed by atoms with Crippen LogP contribution in [0.1, 0.15) is 12.5 Å². The summed E-state index contributed by atoms with van der Waals surface area (Å²) in [7, 11) is 0. The minimum Gasteiger partial charge on any atom is -0.432 e. The van der Waals surface area contributed by atoms with E-state index in [-0.39, 0.29) is 10.2 Å². The van der Waals surface area contributed by atoms with Crippen molar-refractivity contribution in [2.45, 2.75) is 19.2 Å². The number of benzene rings is 1. The molecule has 0 spiro atoms. The fourth-order valence-electron chi connectivity index (χ4n) is 0.953. The Bertz CT molecular complexity index is 382. The van der Waals surface area contributed by atoms with E-state index in [1.165, 1.54) is 0 Å². The zero-order valence-electron chi connectivity index (χ0n) is 7.91. The third-order valence-corrected chi connectivity index (χ3v) is 2.17. The van der Waals surface area contributed by atoms with Crippen LogP contribution in [0, 0.1) is 0 Å². The van der Waals surface area contributed by atoms with Crippen LogP contribution in [-0.4, -0.2) is 6.11 Å². The second-order valence-electron chi connectivity index (χ2n) is 3.05. The van der Waals surface area contributed by atoms with E-state index in [4.69, 9.17) is 0 Å². The maximum Gasteiger partial charge on any atom is 0.416 e. The van der Waals surface area contributed by atoms with E-state index in [1.807, 2.05) is 0 Å². The Morgan fingerprint density at radius 2 is 1.69 bits per heavy atom. The van der Waals surface area contributed by atoms with Gasteiger partial charge in [0.05, 0.1) is 10.0 Å². The number of hydrogen-bond acceptors (Lipinski definition) is 1. The summed E-state index contributed by atoms with van der Waals surface area (Å²) < 4.78 is 65.6. The maximum atomic E-state index is 12.5. The van der Waals surface area contributed by atoms with E-state index in [0.29, 0.717) is 19.1 Å². The quantitative estimate of drug-likeness (QED) is 0.733. The minimum atomic E-state index is -4.52. The molecule has 7 heteroatoms. The van der Waals surface area contributed by atoms with Gasteiger partial charge in [-0.3, -0.25) is 0 Å². The second kappa shape index (κ2) is 4.20. The summed E-state index contributed by atoms with van der Waals surface area (Å²) in [6, 6.07) is 2.19.